The van der Waals surface area contributed by atoms with Gasteiger partial charge >= 0.3 is 0 Å². The van der Waals surface area contributed by atoms with Crippen molar-refractivity contribution >= 4 is 47.6 Å². The first-order valence-corrected chi connectivity index (χ1v) is 9.39. The number of amides is 2. The Hall–Kier alpha value is -0.950. The summed E-state index contributed by atoms with van der Waals surface area (Å²) in [5, 5.41) is 5.99. The van der Waals surface area contributed by atoms with E-state index in [-0.39, 0.29) is 24.2 Å². The van der Waals surface area contributed by atoms with Gasteiger partial charge in [-0.3, -0.25) is 9.59 Å². The molecular weight excluding hydrogens is 369 g/mol. The Balaban J connectivity index is 0.00000529. The number of nitrogens with one attached hydrogen (secondary N) is 2. The Kier molecular flexibility index (Phi) is 12.8. The van der Waals surface area contributed by atoms with Crippen LogP contribution in [0, 0.1) is 0 Å². The largest absolute Gasteiger partial charge is 0.354 e. The molecule has 1 aromatic carbocycles. The van der Waals surface area contributed by atoms with Gasteiger partial charge < -0.3 is 16.4 Å². The third-order valence-electron chi connectivity index (χ3n) is 3.28. The molecule has 0 fully saturated rings. The molecule has 1 aromatic rings. The minimum absolute atomic E-state index is 0. The van der Waals surface area contributed by atoms with Crippen LogP contribution in [0.3, 0.4) is 0 Å². The van der Waals surface area contributed by atoms with E-state index in [2.05, 4.69) is 10.6 Å². The summed E-state index contributed by atoms with van der Waals surface area (Å²) in [4.78, 5) is 24.6. The van der Waals surface area contributed by atoms with E-state index in [0.29, 0.717) is 30.1 Å². The van der Waals surface area contributed by atoms with Crippen molar-refractivity contribution in [1.29, 1.82) is 0 Å². The molecule has 0 aliphatic rings. The fourth-order valence-electron chi connectivity index (χ4n) is 1.99. The van der Waals surface area contributed by atoms with Crippen molar-refractivity contribution in [2.75, 3.05) is 25.1 Å². The van der Waals surface area contributed by atoms with Gasteiger partial charge in [-0.15, -0.1) is 12.4 Å². The van der Waals surface area contributed by atoms with Crippen LogP contribution in [-0.4, -0.2) is 43.0 Å². The van der Waals surface area contributed by atoms with E-state index in [0.717, 1.165) is 18.6 Å². The summed E-state index contributed by atoms with van der Waals surface area (Å²) < 4.78 is 0. The highest BCUT2D eigenvalue weighted by atomic mass is 35.5. The van der Waals surface area contributed by atoms with Crippen LogP contribution in [0.25, 0.3) is 0 Å². The lowest BCUT2D eigenvalue weighted by atomic mass is 10.1. The van der Waals surface area contributed by atoms with Gasteiger partial charge in [0.15, 0.2) is 0 Å². The standard InChI is InChI=1S/C16H24ClN3O2S.ClH/c1-23-11-8-14(16(22)19-10-5-4-9-18)20-15(21)12-6-2-3-7-13(12)17;/h2-3,6-7,14H,4-5,8-11,18H2,1H3,(H,19,22)(H,20,21);1H. The van der Waals surface area contributed by atoms with Crippen molar-refractivity contribution in [2.45, 2.75) is 25.3 Å². The fraction of sp³-hybridized carbons (Fsp3) is 0.500. The smallest absolute Gasteiger partial charge is 0.253 e. The Morgan fingerprint density at radius 1 is 1.29 bits per heavy atom. The first kappa shape index (κ1) is 23.1. The van der Waals surface area contributed by atoms with Crippen LogP contribution in [0.2, 0.25) is 5.02 Å². The Morgan fingerprint density at radius 2 is 2.00 bits per heavy atom. The van der Waals surface area contributed by atoms with E-state index in [1.165, 1.54) is 0 Å². The van der Waals surface area contributed by atoms with Crippen molar-refractivity contribution in [1.82, 2.24) is 10.6 Å². The maximum absolute atomic E-state index is 12.3. The van der Waals surface area contributed by atoms with Crippen LogP contribution in [-0.2, 0) is 4.79 Å². The molecule has 1 unspecified atom stereocenters. The molecule has 0 aliphatic heterocycles. The maximum atomic E-state index is 12.3. The van der Waals surface area contributed by atoms with Crippen LogP contribution in [0.4, 0.5) is 0 Å². The van der Waals surface area contributed by atoms with Crippen LogP contribution in [0.5, 0.6) is 0 Å². The number of unbranched alkanes of at least 4 members (excludes halogenated alkanes) is 1. The number of carbonyl (C=O) groups excluding carboxylic acids is 2. The van der Waals surface area contributed by atoms with Crippen molar-refractivity contribution in [3.8, 4) is 0 Å². The molecule has 0 spiro atoms. The minimum atomic E-state index is -0.566. The van der Waals surface area contributed by atoms with E-state index < -0.39 is 6.04 Å². The minimum Gasteiger partial charge on any atom is -0.354 e. The Bertz CT molecular complexity index is 518. The van der Waals surface area contributed by atoms with Crippen LogP contribution in [0.1, 0.15) is 29.6 Å². The van der Waals surface area contributed by atoms with Crippen LogP contribution < -0.4 is 16.4 Å². The molecule has 0 aromatic heterocycles. The number of hydrogen-bond acceptors (Lipinski definition) is 4. The summed E-state index contributed by atoms with van der Waals surface area (Å²) in [5.41, 5.74) is 5.80. The monoisotopic (exact) mass is 393 g/mol. The number of rotatable bonds is 10. The summed E-state index contributed by atoms with van der Waals surface area (Å²) >= 11 is 7.66. The van der Waals surface area contributed by atoms with E-state index in [9.17, 15) is 9.59 Å². The lowest BCUT2D eigenvalue weighted by Gasteiger charge is -2.18. The SMILES string of the molecule is CSCCC(NC(=O)c1ccccc1Cl)C(=O)NCCCCN.Cl. The van der Waals surface area contributed by atoms with E-state index >= 15 is 0 Å². The highest BCUT2D eigenvalue weighted by Gasteiger charge is 2.21. The zero-order valence-electron chi connectivity index (χ0n) is 13.7. The van der Waals surface area contributed by atoms with E-state index in [4.69, 9.17) is 17.3 Å². The molecule has 0 saturated carbocycles. The summed E-state index contributed by atoms with van der Waals surface area (Å²) in [6.45, 7) is 1.17. The topological polar surface area (TPSA) is 84.2 Å². The van der Waals surface area contributed by atoms with Gasteiger partial charge in [0.05, 0.1) is 10.6 Å². The van der Waals surface area contributed by atoms with E-state index in [1.807, 2.05) is 6.26 Å². The number of halogens is 2. The van der Waals surface area contributed by atoms with Crippen molar-refractivity contribution in [3.63, 3.8) is 0 Å². The molecule has 0 radical (unpaired) electrons. The highest BCUT2D eigenvalue weighted by Crippen LogP contribution is 2.15. The number of benzene rings is 1. The number of hydrogen-bond donors (Lipinski definition) is 3. The lowest BCUT2D eigenvalue weighted by molar-refractivity contribution is -0.123. The van der Waals surface area contributed by atoms with E-state index in [1.54, 1.807) is 36.0 Å². The Labute approximate surface area is 158 Å². The summed E-state index contributed by atoms with van der Waals surface area (Å²) in [6, 6.07) is 6.23. The molecule has 8 heteroatoms. The third kappa shape index (κ3) is 8.24. The van der Waals surface area contributed by atoms with Gasteiger partial charge in [-0.2, -0.15) is 11.8 Å². The quantitative estimate of drug-likeness (QED) is 0.533. The predicted octanol–water partition coefficient (Wildman–Crippen LogP) is 2.47. The Morgan fingerprint density at radius 3 is 2.62 bits per heavy atom. The van der Waals surface area contributed by atoms with Crippen molar-refractivity contribution in [3.05, 3.63) is 34.9 Å². The molecule has 136 valence electrons. The molecule has 0 saturated heterocycles. The number of thioether (sulfide) groups is 1. The second-order valence-electron chi connectivity index (χ2n) is 5.07. The van der Waals surface area contributed by atoms with Crippen LogP contribution >= 0.6 is 35.8 Å². The summed E-state index contributed by atoms with van der Waals surface area (Å²) in [5.74, 6) is 0.277. The zero-order chi connectivity index (χ0) is 17.1. The van der Waals surface area contributed by atoms with Gasteiger partial charge in [0.2, 0.25) is 5.91 Å². The molecule has 1 rings (SSSR count). The predicted molar refractivity (Wildman–Crippen MR) is 104 cm³/mol. The van der Waals surface area contributed by atoms with Gasteiger partial charge in [0.25, 0.3) is 5.91 Å². The molecule has 2 amide bonds. The molecule has 0 bridgehead atoms. The molecule has 4 N–H and O–H groups in total. The molecule has 0 heterocycles. The second kappa shape index (κ2) is 13.4. The molecule has 0 aliphatic carbocycles. The van der Waals surface area contributed by atoms with Gasteiger partial charge in [0.1, 0.15) is 6.04 Å². The maximum Gasteiger partial charge on any atom is 0.253 e. The normalized spacial score (nSPS) is 11.3. The third-order valence-corrected chi connectivity index (χ3v) is 4.25. The number of carbonyl (C=O) groups is 2. The van der Waals surface area contributed by atoms with Gasteiger partial charge in [-0.1, -0.05) is 23.7 Å². The van der Waals surface area contributed by atoms with Crippen molar-refractivity contribution < 1.29 is 9.59 Å². The highest BCUT2D eigenvalue weighted by molar-refractivity contribution is 7.98. The number of nitrogens with two attached hydrogens (primary N) is 1. The van der Waals surface area contributed by atoms with Crippen LogP contribution in [0.15, 0.2) is 24.3 Å². The van der Waals surface area contributed by atoms with Crippen molar-refractivity contribution in [2.24, 2.45) is 5.73 Å². The zero-order valence-corrected chi connectivity index (χ0v) is 16.1. The van der Waals surface area contributed by atoms with Gasteiger partial charge in [-0.25, -0.2) is 0 Å². The first-order chi connectivity index (χ1) is 11.1. The average molecular weight is 394 g/mol. The molecular formula is C16H25Cl2N3O2S. The van der Waals surface area contributed by atoms with Gasteiger partial charge in [0, 0.05) is 6.54 Å². The van der Waals surface area contributed by atoms with Gasteiger partial charge in [-0.05, 0) is 49.9 Å². The summed E-state index contributed by atoms with van der Waals surface area (Å²) in [6.07, 6.45) is 4.23. The molecule has 1 atom stereocenters. The molecule has 5 nitrogen and oxygen atoms in total. The summed E-state index contributed by atoms with van der Waals surface area (Å²) in [7, 11) is 0. The second-order valence-corrected chi connectivity index (χ2v) is 6.47. The fourth-order valence-corrected chi connectivity index (χ4v) is 2.68. The lowest BCUT2D eigenvalue weighted by Crippen LogP contribution is -2.47. The first-order valence-electron chi connectivity index (χ1n) is 7.62. The average Bonchev–Trinajstić information content (AvgIpc) is 2.55. The molecule has 24 heavy (non-hydrogen) atoms.